The lowest BCUT2D eigenvalue weighted by Gasteiger charge is -2.44. The third-order valence-corrected chi connectivity index (χ3v) is 8.08. The summed E-state index contributed by atoms with van der Waals surface area (Å²) < 4.78 is 5.87. The third-order valence-electron chi connectivity index (χ3n) is 6.95. The molecule has 7 nitrogen and oxygen atoms in total. The van der Waals surface area contributed by atoms with Crippen LogP contribution in [0, 0.1) is 0 Å². The highest BCUT2D eigenvalue weighted by Gasteiger charge is 2.45. The number of hydrogen-bond acceptors (Lipinski definition) is 6. The molecule has 0 unspecified atom stereocenters. The van der Waals surface area contributed by atoms with Crippen LogP contribution in [0.1, 0.15) is 35.4 Å². The van der Waals surface area contributed by atoms with Crippen molar-refractivity contribution in [2.75, 3.05) is 24.5 Å². The van der Waals surface area contributed by atoms with Gasteiger partial charge in [0, 0.05) is 30.7 Å². The van der Waals surface area contributed by atoms with Crippen molar-refractivity contribution in [3.63, 3.8) is 0 Å². The summed E-state index contributed by atoms with van der Waals surface area (Å²) >= 11 is 1.33. The summed E-state index contributed by atoms with van der Waals surface area (Å²) in [5.41, 5.74) is 7.03. The molecule has 0 aliphatic carbocycles. The summed E-state index contributed by atoms with van der Waals surface area (Å²) in [6, 6.07) is 17.1. The Bertz CT molecular complexity index is 1230. The van der Waals surface area contributed by atoms with Crippen LogP contribution in [0.15, 0.2) is 67.3 Å². The minimum Gasteiger partial charge on any atom is -0.457 e. The molecule has 2 fully saturated rings. The number of piperidine rings is 1. The molecule has 2 amide bonds. The van der Waals surface area contributed by atoms with Gasteiger partial charge in [-0.05, 0) is 68.2 Å². The number of carbonyl (C=O) groups is 2. The molecule has 3 aromatic rings. The van der Waals surface area contributed by atoms with Gasteiger partial charge < -0.3 is 20.3 Å². The van der Waals surface area contributed by atoms with Gasteiger partial charge in [-0.15, -0.1) is 0 Å². The van der Waals surface area contributed by atoms with Crippen molar-refractivity contribution in [3.8, 4) is 22.8 Å². The highest BCUT2D eigenvalue weighted by Crippen LogP contribution is 2.41. The second-order valence-corrected chi connectivity index (χ2v) is 9.96. The first-order chi connectivity index (χ1) is 17.0. The van der Waals surface area contributed by atoms with E-state index in [4.69, 9.17) is 15.5 Å². The number of carbonyl (C=O) groups excluding carboxylic acids is 2. The van der Waals surface area contributed by atoms with E-state index in [-0.39, 0.29) is 11.4 Å². The number of aromatic nitrogens is 1. The van der Waals surface area contributed by atoms with Gasteiger partial charge in [0.2, 0.25) is 5.91 Å². The molecule has 1 aromatic heterocycles. The van der Waals surface area contributed by atoms with Crippen LogP contribution in [0.5, 0.6) is 11.5 Å². The van der Waals surface area contributed by atoms with E-state index in [0.717, 1.165) is 61.8 Å². The van der Waals surface area contributed by atoms with E-state index >= 15 is 0 Å². The Morgan fingerprint density at radius 3 is 2.34 bits per heavy atom. The minimum absolute atomic E-state index is 0.0168. The highest BCUT2D eigenvalue weighted by atomic mass is 32.1. The number of likely N-dealkylation sites (tertiary alicyclic amines) is 1. The van der Waals surface area contributed by atoms with E-state index in [0.29, 0.717) is 16.3 Å². The molecule has 0 saturated carbocycles. The van der Waals surface area contributed by atoms with Crippen molar-refractivity contribution in [1.29, 1.82) is 0 Å². The average Bonchev–Trinajstić information content (AvgIpc) is 3.51. The molecule has 2 aliphatic heterocycles. The van der Waals surface area contributed by atoms with Gasteiger partial charge in [-0.2, -0.15) is 0 Å². The molecular weight excluding hydrogens is 460 g/mol. The Hall–Kier alpha value is -3.65. The van der Waals surface area contributed by atoms with Gasteiger partial charge in [0.05, 0.1) is 5.69 Å². The van der Waals surface area contributed by atoms with Gasteiger partial charge in [0.25, 0.3) is 5.91 Å². The van der Waals surface area contributed by atoms with Crippen molar-refractivity contribution in [3.05, 3.63) is 72.1 Å². The topological polar surface area (TPSA) is 88.8 Å². The van der Waals surface area contributed by atoms with Crippen molar-refractivity contribution in [2.24, 2.45) is 5.73 Å². The normalized spacial score (nSPS) is 16.9. The molecule has 35 heavy (non-hydrogen) atoms. The molecule has 0 bridgehead atoms. The lowest BCUT2D eigenvalue weighted by Crippen LogP contribution is -2.53. The largest absolute Gasteiger partial charge is 0.457 e. The Kier molecular flexibility index (Phi) is 6.30. The zero-order valence-electron chi connectivity index (χ0n) is 19.5. The Balaban J connectivity index is 1.34. The average molecular weight is 489 g/mol. The van der Waals surface area contributed by atoms with Gasteiger partial charge in [-0.3, -0.25) is 9.59 Å². The van der Waals surface area contributed by atoms with Crippen LogP contribution >= 0.6 is 11.3 Å². The zero-order valence-corrected chi connectivity index (χ0v) is 20.3. The van der Waals surface area contributed by atoms with Crippen LogP contribution in [0.3, 0.4) is 0 Å². The molecule has 2 N–H and O–H groups in total. The number of primary amides is 1. The third kappa shape index (κ3) is 4.53. The first kappa shape index (κ1) is 23.1. The molecular formula is C27H28N4O3S. The summed E-state index contributed by atoms with van der Waals surface area (Å²) in [7, 11) is 0. The Labute approximate surface area is 208 Å². The maximum atomic E-state index is 12.4. The van der Waals surface area contributed by atoms with Gasteiger partial charge in [-0.1, -0.05) is 36.1 Å². The van der Waals surface area contributed by atoms with Crippen molar-refractivity contribution < 1.29 is 14.3 Å². The summed E-state index contributed by atoms with van der Waals surface area (Å²) in [4.78, 5) is 34.1. The fraction of sp³-hybridized carbons (Fsp3) is 0.296. The van der Waals surface area contributed by atoms with Crippen LogP contribution in [0.4, 0.5) is 5.13 Å². The molecule has 0 radical (unpaired) electrons. The first-order valence-electron chi connectivity index (χ1n) is 11.8. The number of thiazole rings is 1. The van der Waals surface area contributed by atoms with Gasteiger partial charge in [0.15, 0.2) is 5.13 Å². The molecule has 2 aromatic carbocycles. The maximum Gasteiger partial charge on any atom is 0.261 e. The first-order valence-corrected chi connectivity index (χ1v) is 12.6. The fourth-order valence-electron chi connectivity index (χ4n) is 5.14. The minimum atomic E-state index is -0.486. The van der Waals surface area contributed by atoms with E-state index in [1.54, 1.807) is 0 Å². The standard InChI is InChI=1S/C27H28N4O3S/c1-2-22(32)31-16-6-13-27(31)14-17-30(18-15-27)26-29-23(24(35-26)25(28)33)19-9-11-21(12-10-19)34-20-7-4-3-5-8-20/h2-5,7-12H,1,6,13-18H2,(H2,28,33). The predicted octanol–water partition coefficient (Wildman–Crippen LogP) is 4.85. The molecule has 2 aliphatic rings. The van der Waals surface area contributed by atoms with E-state index in [1.807, 2.05) is 59.5 Å². The molecule has 5 rings (SSSR count). The van der Waals surface area contributed by atoms with E-state index in [1.165, 1.54) is 17.4 Å². The number of anilines is 1. The smallest absolute Gasteiger partial charge is 0.261 e. The number of nitrogens with zero attached hydrogens (tertiary/aromatic N) is 3. The predicted molar refractivity (Wildman–Crippen MR) is 138 cm³/mol. The Morgan fingerprint density at radius 1 is 1.00 bits per heavy atom. The van der Waals surface area contributed by atoms with Crippen LogP contribution < -0.4 is 15.4 Å². The number of hydrogen-bond donors (Lipinski definition) is 1. The van der Waals surface area contributed by atoms with Crippen LogP contribution in [0.2, 0.25) is 0 Å². The number of nitrogens with two attached hydrogens (primary N) is 1. The highest BCUT2D eigenvalue weighted by molar-refractivity contribution is 7.18. The summed E-state index contributed by atoms with van der Waals surface area (Å²) in [6.07, 6.45) is 5.21. The molecule has 0 atom stereocenters. The fourth-order valence-corrected chi connectivity index (χ4v) is 6.13. The van der Waals surface area contributed by atoms with Crippen LogP contribution in [-0.4, -0.2) is 46.9 Å². The monoisotopic (exact) mass is 488 g/mol. The molecule has 3 heterocycles. The van der Waals surface area contributed by atoms with E-state index in [2.05, 4.69) is 11.5 Å². The SMILES string of the molecule is C=CC(=O)N1CCCC12CCN(c1nc(-c3ccc(Oc4ccccc4)cc3)c(C(N)=O)s1)CC2. The second kappa shape index (κ2) is 9.54. The van der Waals surface area contributed by atoms with Crippen LogP contribution in [-0.2, 0) is 4.79 Å². The van der Waals surface area contributed by atoms with E-state index in [9.17, 15) is 9.59 Å². The maximum absolute atomic E-state index is 12.4. The van der Waals surface area contributed by atoms with Crippen molar-refractivity contribution in [2.45, 2.75) is 31.2 Å². The number of amides is 2. The number of rotatable bonds is 6. The van der Waals surface area contributed by atoms with Gasteiger partial charge >= 0.3 is 0 Å². The van der Waals surface area contributed by atoms with Crippen molar-refractivity contribution >= 4 is 28.3 Å². The number of benzene rings is 2. The second-order valence-electron chi connectivity index (χ2n) is 8.99. The summed E-state index contributed by atoms with van der Waals surface area (Å²) in [6.45, 7) is 6.01. The molecule has 8 heteroatoms. The Morgan fingerprint density at radius 2 is 1.69 bits per heavy atom. The van der Waals surface area contributed by atoms with E-state index < -0.39 is 5.91 Å². The lowest BCUT2D eigenvalue weighted by molar-refractivity contribution is -0.130. The van der Waals surface area contributed by atoms with Gasteiger partial charge in [0.1, 0.15) is 16.4 Å². The molecule has 2 saturated heterocycles. The lowest BCUT2D eigenvalue weighted by atomic mass is 9.85. The van der Waals surface area contributed by atoms with Gasteiger partial charge in [-0.25, -0.2) is 4.98 Å². The van der Waals surface area contributed by atoms with Crippen molar-refractivity contribution in [1.82, 2.24) is 9.88 Å². The zero-order chi connectivity index (χ0) is 24.4. The number of para-hydroxylation sites is 1. The molecule has 1 spiro atoms. The number of ether oxygens (including phenoxy) is 1. The molecule has 180 valence electrons. The van der Waals surface area contributed by atoms with Crippen LogP contribution in [0.25, 0.3) is 11.3 Å². The summed E-state index contributed by atoms with van der Waals surface area (Å²) in [5.74, 6) is 0.989. The quantitative estimate of drug-likeness (QED) is 0.501. The summed E-state index contributed by atoms with van der Waals surface area (Å²) in [5, 5.41) is 0.785.